The van der Waals surface area contributed by atoms with Gasteiger partial charge in [-0.3, -0.25) is 4.79 Å². The third-order valence-corrected chi connectivity index (χ3v) is 2.62. The number of rotatable bonds is 5. The molecule has 0 bridgehead atoms. The third-order valence-electron chi connectivity index (χ3n) is 2.62. The summed E-state index contributed by atoms with van der Waals surface area (Å²) in [4.78, 5) is 10.7. The predicted octanol–water partition coefficient (Wildman–Crippen LogP) is 3.03. The molecule has 4 heteroatoms. The Morgan fingerprint density at radius 2 is 1.79 bits per heavy atom. The van der Waals surface area contributed by atoms with Crippen LogP contribution in [0, 0.1) is 5.82 Å². The number of carbonyl (C=O) groups is 1. The molecule has 0 fully saturated rings. The minimum atomic E-state index is -0.905. The van der Waals surface area contributed by atoms with Crippen LogP contribution in [-0.2, 0) is 17.8 Å². The highest BCUT2D eigenvalue weighted by molar-refractivity contribution is 5.71. The van der Waals surface area contributed by atoms with Gasteiger partial charge >= 0.3 is 5.97 Å². The van der Waals surface area contributed by atoms with Crippen LogP contribution in [0.1, 0.15) is 11.1 Å². The maximum absolute atomic E-state index is 12.8. The fourth-order valence-corrected chi connectivity index (χ4v) is 1.70. The number of hydrogen-bond donors (Lipinski definition) is 1. The summed E-state index contributed by atoms with van der Waals surface area (Å²) < 4.78 is 18.3. The Balaban J connectivity index is 2.06. The zero-order chi connectivity index (χ0) is 13.7. The highest BCUT2D eigenvalue weighted by Gasteiger charge is 2.07. The van der Waals surface area contributed by atoms with Gasteiger partial charge in [0, 0.05) is 5.56 Å². The molecule has 2 rings (SSSR count). The molecule has 0 aliphatic carbocycles. The van der Waals surface area contributed by atoms with Crippen LogP contribution in [-0.4, -0.2) is 11.1 Å². The van der Waals surface area contributed by atoms with Crippen molar-refractivity contribution in [3.05, 3.63) is 65.5 Å². The van der Waals surface area contributed by atoms with Crippen molar-refractivity contribution < 1.29 is 19.0 Å². The van der Waals surface area contributed by atoms with E-state index in [1.54, 1.807) is 36.4 Å². The molecule has 3 nitrogen and oxygen atoms in total. The summed E-state index contributed by atoms with van der Waals surface area (Å²) >= 11 is 0. The first kappa shape index (κ1) is 13.1. The van der Waals surface area contributed by atoms with Gasteiger partial charge in [0.1, 0.15) is 18.2 Å². The molecule has 0 saturated carbocycles. The van der Waals surface area contributed by atoms with Crippen molar-refractivity contribution in [1.82, 2.24) is 0 Å². The van der Waals surface area contributed by atoms with Crippen molar-refractivity contribution in [1.29, 1.82) is 0 Å². The van der Waals surface area contributed by atoms with Crippen LogP contribution < -0.4 is 4.74 Å². The molecule has 98 valence electrons. The predicted molar refractivity (Wildman–Crippen MR) is 68.5 cm³/mol. The van der Waals surface area contributed by atoms with Gasteiger partial charge in [-0.2, -0.15) is 0 Å². The molecule has 0 aromatic heterocycles. The van der Waals surface area contributed by atoms with E-state index in [0.717, 1.165) is 5.56 Å². The fraction of sp³-hybridized carbons (Fsp3) is 0.133. The minimum Gasteiger partial charge on any atom is -0.489 e. The van der Waals surface area contributed by atoms with Crippen LogP contribution in [0.5, 0.6) is 5.75 Å². The Hall–Kier alpha value is -2.36. The number of benzene rings is 2. The summed E-state index contributed by atoms with van der Waals surface area (Å²) in [5, 5.41) is 8.81. The van der Waals surface area contributed by atoms with Crippen molar-refractivity contribution in [2.24, 2.45) is 0 Å². The van der Waals surface area contributed by atoms with Gasteiger partial charge in [0.15, 0.2) is 0 Å². The molecule has 0 spiro atoms. The lowest BCUT2D eigenvalue weighted by molar-refractivity contribution is -0.136. The van der Waals surface area contributed by atoms with Crippen LogP contribution in [0.3, 0.4) is 0 Å². The lowest BCUT2D eigenvalue weighted by Crippen LogP contribution is -2.04. The lowest BCUT2D eigenvalue weighted by Gasteiger charge is -2.10. The normalized spacial score (nSPS) is 10.2. The molecule has 1 N–H and O–H groups in total. The van der Waals surface area contributed by atoms with E-state index in [0.29, 0.717) is 11.3 Å². The lowest BCUT2D eigenvalue weighted by atomic mass is 10.1. The Bertz CT molecular complexity index is 564. The average Bonchev–Trinajstić information content (AvgIpc) is 2.39. The monoisotopic (exact) mass is 260 g/mol. The summed E-state index contributed by atoms with van der Waals surface area (Å²) in [6.07, 6.45) is -0.0837. The summed E-state index contributed by atoms with van der Waals surface area (Å²) in [6.45, 7) is 0.275. The molecule has 0 atom stereocenters. The Morgan fingerprint density at radius 3 is 2.47 bits per heavy atom. The van der Waals surface area contributed by atoms with Crippen molar-refractivity contribution in [2.75, 3.05) is 0 Å². The SMILES string of the molecule is O=C(O)Cc1ccccc1OCc1ccc(F)cc1. The number of carboxylic acid groups (broad SMARTS) is 1. The minimum absolute atomic E-state index is 0.0837. The third kappa shape index (κ3) is 3.81. The topological polar surface area (TPSA) is 46.5 Å². The average molecular weight is 260 g/mol. The number of para-hydroxylation sites is 1. The van der Waals surface area contributed by atoms with Gasteiger partial charge in [-0.25, -0.2) is 4.39 Å². The second-order valence-corrected chi connectivity index (χ2v) is 4.09. The van der Waals surface area contributed by atoms with Crippen LogP contribution in [0.2, 0.25) is 0 Å². The maximum atomic E-state index is 12.8. The molecular weight excluding hydrogens is 247 g/mol. The van der Waals surface area contributed by atoms with Gasteiger partial charge < -0.3 is 9.84 Å². The molecular formula is C15H13FO3. The zero-order valence-corrected chi connectivity index (χ0v) is 10.2. The molecule has 0 saturated heterocycles. The van der Waals surface area contributed by atoms with Crippen molar-refractivity contribution >= 4 is 5.97 Å². The van der Waals surface area contributed by atoms with Crippen molar-refractivity contribution in [3.8, 4) is 5.75 Å². The number of ether oxygens (including phenoxy) is 1. The molecule has 0 unspecified atom stereocenters. The summed E-state index contributed by atoms with van der Waals surface area (Å²) in [5.74, 6) is -0.665. The molecule has 0 aliphatic rings. The zero-order valence-electron chi connectivity index (χ0n) is 10.2. The first-order valence-electron chi connectivity index (χ1n) is 5.82. The van der Waals surface area contributed by atoms with Gasteiger partial charge in [0.2, 0.25) is 0 Å². The molecule has 0 aliphatic heterocycles. The Labute approximate surface area is 110 Å². The number of carboxylic acids is 1. The summed E-state index contributed by atoms with van der Waals surface area (Å²) in [7, 11) is 0. The Kier molecular flexibility index (Phi) is 4.13. The van der Waals surface area contributed by atoms with E-state index in [1.807, 2.05) is 0 Å². The van der Waals surface area contributed by atoms with Gasteiger partial charge in [-0.05, 0) is 23.8 Å². The highest BCUT2D eigenvalue weighted by atomic mass is 19.1. The van der Waals surface area contributed by atoms with E-state index in [-0.39, 0.29) is 18.8 Å². The number of halogens is 1. The van der Waals surface area contributed by atoms with E-state index < -0.39 is 5.97 Å². The van der Waals surface area contributed by atoms with E-state index in [2.05, 4.69) is 0 Å². The Morgan fingerprint density at radius 1 is 1.11 bits per heavy atom. The van der Waals surface area contributed by atoms with Crippen molar-refractivity contribution in [3.63, 3.8) is 0 Å². The van der Waals surface area contributed by atoms with Gasteiger partial charge in [0.25, 0.3) is 0 Å². The van der Waals surface area contributed by atoms with E-state index in [4.69, 9.17) is 9.84 Å². The first-order chi connectivity index (χ1) is 9.15. The van der Waals surface area contributed by atoms with Crippen LogP contribution >= 0.6 is 0 Å². The van der Waals surface area contributed by atoms with Crippen molar-refractivity contribution in [2.45, 2.75) is 13.0 Å². The summed E-state index contributed by atoms with van der Waals surface area (Å²) in [5.41, 5.74) is 1.45. The van der Waals surface area contributed by atoms with Crippen LogP contribution in [0.25, 0.3) is 0 Å². The van der Waals surface area contributed by atoms with Crippen LogP contribution in [0.15, 0.2) is 48.5 Å². The van der Waals surface area contributed by atoms with Crippen LogP contribution in [0.4, 0.5) is 4.39 Å². The van der Waals surface area contributed by atoms with E-state index in [9.17, 15) is 9.18 Å². The second kappa shape index (κ2) is 6.00. The first-order valence-corrected chi connectivity index (χ1v) is 5.82. The van der Waals surface area contributed by atoms with E-state index in [1.165, 1.54) is 12.1 Å². The standard InChI is InChI=1S/C15H13FO3/c16-13-7-5-11(6-8-13)10-19-14-4-2-1-3-12(14)9-15(17)18/h1-8H,9-10H2,(H,17,18). The molecule has 0 amide bonds. The van der Waals surface area contributed by atoms with Gasteiger partial charge in [-0.1, -0.05) is 30.3 Å². The largest absolute Gasteiger partial charge is 0.489 e. The second-order valence-electron chi connectivity index (χ2n) is 4.09. The molecule has 2 aromatic carbocycles. The van der Waals surface area contributed by atoms with Gasteiger partial charge in [-0.15, -0.1) is 0 Å². The molecule has 19 heavy (non-hydrogen) atoms. The number of hydrogen-bond acceptors (Lipinski definition) is 2. The summed E-state index contributed by atoms with van der Waals surface area (Å²) in [6, 6.07) is 13.0. The fourth-order valence-electron chi connectivity index (χ4n) is 1.70. The molecule has 0 radical (unpaired) electrons. The highest BCUT2D eigenvalue weighted by Crippen LogP contribution is 2.20. The van der Waals surface area contributed by atoms with Gasteiger partial charge in [0.05, 0.1) is 6.42 Å². The smallest absolute Gasteiger partial charge is 0.307 e. The van der Waals surface area contributed by atoms with E-state index >= 15 is 0 Å². The molecule has 2 aromatic rings. The quantitative estimate of drug-likeness (QED) is 0.898. The molecule has 0 heterocycles. The number of aliphatic carboxylic acids is 1. The maximum Gasteiger partial charge on any atom is 0.307 e.